The van der Waals surface area contributed by atoms with Crippen LogP contribution in [0, 0.1) is 0 Å². The number of benzene rings is 1. The summed E-state index contributed by atoms with van der Waals surface area (Å²) in [5.74, 6) is 0. The average molecular weight is 232 g/mol. The molecule has 1 saturated carbocycles. The van der Waals surface area contributed by atoms with Crippen molar-refractivity contribution in [3.63, 3.8) is 0 Å². The Morgan fingerprint density at radius 3 is 2.35 bits per heavy atom. The maximum absolute atomic E-state index is 6.37. The minimum atomic E-state index is 0.113. The third kappa shape index (κ3) is 2.88. The summed E-state index contributed by atoms with van der Waals surface area (Å²) in [6, 6.07) is 11.7. The van der Waals surface area contributed by atoms with Gasteiger partial charge in [0.2, 0.25) is 0 Å². The Morgan fingerprint density at radius 2 is 1.76 bits per heavy atom. The SMILES string of the molecule is CC(C(N)c1ccccc1)N(C)C1CCCC1. The highest BCUT2D eigenvalue weighted by Crippen LogP contribution is 2.27. The topological polar surface area (TPSA) is 29.3 Å². The standard InChI is InChI=1S/C15H24N2/c1-12(17(2)14-10-6-7-11-14)15(16)13-8-4-3-5-9-13/h3-5,8-9,12,14-15H,6-7,10-11,16H2,1-2H3. The second-order valence-electron chi connectivity index (χ2n) is 5.28. The normalized spacial score (nSPS) is 20.7. The van der Waals surface area contributed by atoms with Crippen molar-refractivity contribution in [1.82, 2.24) is 4.90 Å². The van der Waals surface area contributed by atoms with Gasteiger partial charge in [0, 0.05) is 18.1 Å². The molecule has 2 atom stereocenters. The molecule has 2 heteroatoms. The largest absolute Gasteiger partial charge is 0.323 e. The zero-order chi connectivity index (χ0) is 12.3. The van der Waals surface area contributed by atoms with Crippen LogP contribution in [-0.4, -0.2) is 24.0 Å². The van der Waals surface area contributed by atoms with Gasteiger partial charge in [0.05, 0.1) is 0 Å². The molecule has 17 heavy (non-hydrogen) atoms. The van der Waals surface area contributed by atoms with Gasteiger partial charge in [-0.05, 0) is 32.4 Å². The highest BCUT2D eigenvalue weighted by Gasteiger charge is 2.26. The van der Waals surface area contributed by atoms with Crippen molar-refractivity contribution in [2.24, 2.45) is 5.73 Å². The predicted octanol–water partition coefficient (Wildman–Crippen LogP) is 2.95. The molecular weight excluding hydrogens is 208 g/mol. The van der Waals surface area contributed by atoms with E-state index >= 15 is 0 Å². The summed E-state index contributed by atoms with van der Waals surface area (Å²) in [7, 11) is 2.23. The fourth-order valence-electron chi connectivity index (χ4n) is 2.85. The number of nitrogens with zero attached hydrogens (tertiary/aromatic N) is 1. The van der Waals surface area contributed by atoms with Gasteiger partial charge < -0.3 is 5.73 Å². The first-order valence-corrected chi connectivity index (χ1v) is 6.72. The molecule has 1 aromatic rings. The molecule has 1 aliphatic rings. The van der Waals surface area contributed by atoms with Crippen molar-refractivity contribution >= 4 is 0 Å². The second kappa shape index (κ2) is 5.65. The van der Waals surface area contributed by atoms with Crippen LogP contribution in [0.2, 0.25) is 0 Å². The van der Waals surface area contributed by atoms with Gasteiger partial charge in [-0.2, -0.15) is 0 Å². The lowest BCUT2D eigenvalue weighted by Gasteiger charge is -2.34. The lowest BCUT2D eigenvalue weighted by Crippen LogP contribution is -2.43. The van der Waals surface area contributed by atoms with E-state index in [0.717, 1.165) is 6.04 Å². The van der Waals surface area contributed by atoms with Crippen LogP contribution in [0.5, 0.6) is 0 Å². The molecule has 1 fully saturated rings. The Bertz CT molecular complexity index is 330. The van der Waals surface area contributed by atoms with Crippen LogP contribution in [-0.2, 0) is 0 Å². The van der Waals surface area contributed by atoms with E-state index in [-0.39, 0.29) is 6.04 Å². The van der Waals surface area contributed by atoms with Crippen LogP contribution in [0.3, 0.4) is 0 Å². The molecule has 0 spiro atoms. The first-order chi connectivity index (χ1) is 8.20. The maximum Gasteiger partial charge on any atom is 0.0450 e. The smallest absolute Gasteiger partial charge is 0.0450 e. The van der Waals surface area contributed by atoms with E-state index < -0.39 is 0 Å². The molecule has 0 radical (unpaired) electrons. The van der Waals surface area contributed by atoms with Crippen LogP contribution >= 0.6 is 0 Å². The molecule has 1 aromatic carbocycles. The van der Waals surface area contributed by atoms with E-state index in [1.807, 2.05) is 6.07 Å². The van der Waals surface area contributed by atoms with Crippen molar-refractivity contribution in [1.29, 1.82) is 0 Å². The molecule has 1 aliphatic carbocycles. The second-order valence-corrected chi connectivity index (χ2v) is 5.28. The Morgan fingerprint density at radius 1 is 1.18 bits per heavy atom. The number of likely N-dealkylation sites (N-methyl/N-ethyl adjacent to an activating group) is 1. The van der Waals surface area contributed by atoms with Gasteiger partial charge in [-0.1, -0.05) is 43.2 Å². The van der Waals surface area contributed by atoms with Gasteiger partial charge in [-0.3, -0.25) is 4.90 Å². The number of hydrogen-bond donors (Lipinski definition) is 1. The third-order valence-corrected chi connectivity index (χ3v) is 4.25. The Balaban J connectivity index is 2.01. The van der Waals surface area contributed by atoms with E-state index in [2.05, 4.69) is 43.1 Å². The predicted molar refractivity (Wildman–Crippen MR) is 72.9 cm³/mol. The summed E-state index contributed by atoms with van der Waals surface area (Å²) in [5.41, 5.74) is 7.61. The summed E-state index contributed by atoms with van der Waals surface area (Å²) < 4.78 is 0. The lowest BCUT2D eigenvalue weighted by molar-refractivity contribution is 0.164. The lowest BCUT2D eigenvalue weighted by atomic mass is 9.99. The minimum Gasteiger partial charge on any atom is -0.323 e. The minimum absolute atomic E-state index is 0.113. The van der Waals surface area contributed by atoms with Crippen molar-refractivity contribution in [2.75, 3.05) is 7.05 Å². The summed E-state index contributed by atoms with van der Waals surface area (Å²) in [6.45, 7) is 2.25. The zero-order valence-electron chi connectivity index (χ0n) is 11.0. The van der Waals surface area contributed by atoms with Crippen molar-refractivity contribution in [3.8, 4) is 0 Å². The van der Waals surface area contributed by atoms with E-state index in [0.29, 0.717) is 6.04 Å². The molecule has 0 aromatic heterocycles. The zero-order valence-corrected chi connectivity index (χ0v) is 11.0. The molecule has 0 bridgehead atoms. The van der Waals surface area contributed by atoms with Gasteiger partial charge in [-0.25, -0.2) is 0 Å². The van der Waals surface area contributed by atoms with Crippen LogP contribution < -0.4 is 5.73 Å². The molecule has 2 N–H and O–H groups in total. The van der Waals surface area contributed by atoms with Crippen LogP contribution in [0.1, 0.15) is 44.2 Å². The number of nitrogens with two attached hydrogens (primary N) is 1. The summed E-state index contributed by atoms with van der Waals surface area (Å²) in [6.07, 6.45) is 5.43. The molecule has 2 nitrogen and oxygen atoms in total. The van der Waals surface area contributed by atoms with Gasteiger partial charge >= 0.3 is 0 Å². The molecular formula is C15H24N2. The van der Waals surface area contributed by atoms with E-state index in [1.54, 1.807) is 0 Å². The quantitative estimate of drug-likeness (QED) is 0.865. The molecule has 0 aliphatic heterocycles. The third-order valence-electron chi connectivity index (χ3n) is 4.25. The molecule has 0 saturated heterocycles. The summed E-state index contributed by atoms with van der Waals surface area (Å²) in [4.78, 5) is 2.48. The first kappa shape index (κ1) is 12.6. The monoisotopic (exact) mass is 232 g/mol. The van der Waals surface area contributed by atoms with Crippen molar-refractivity contribution in [2.45, 2.75) is 50.7 Å². The Labute approximate surface area is 105 Å². The average Bonchev–Trinajstić information content (AvgIpc) is 2.91. The highest BCUT2D eigenvalue weighted by molar-refractivity contribution is 5.20. The van der Waals surface area contributed by atoms with E-state index in [9.17, 15) is 0 Å². The fraction of sp³-hybridized carbons (Fsp3) is 0.600. The molecule has 94 valence electrons. The van der Waals surface area contributed by atoms with Crippen molar-refractivity contribution < 1.29 is 0 Å². The van der Waals surface area contributed by atoms with Crippen LogP contribution in [0.25, 0.3) is 0 Å². The Hall–Kier alpha value is -0.860. The maximum atomic E-state index is 6.37. The van der Waals surface area contributed by atoms with Gasteiger partial charge in [0.15, 0.2) is 0 Å². The number of rotatable bonds is 4. The Kier molecular flexibility index (Phi) is 4.19. The molecule has 2 rings (SSSR count). The van der Waals surface area contributed by atoms with Crippen LogP contribution in [0.4, 0.5) is 0 Å². The summed E-state index contributed by atoms with van der Waals surface area (Å²) in [5, 5.41) is 0. The number of hydrogen-bond acceptors (Lipinski definition) is 2. The van der Waals surface area contributed by atoms with E-state index in [4.69, 9.17) is 5.73 Å². The summed E-state index contributed by atoms with van der Waals surface area (Å²) >= 11 is 0. The first-order valence-electron chi connectivity index (χ1n) is 6.72. The van der Waals surface area contributed by atoms with Gasteiger partial charge in [0.1, 0.15) is 0 Å². The van der Waals surface area contributed by atoms with Gasteiger partial charge in [0.25, 0.3) is 0 Å². The van der Waals surface area contributed by atoms with Crippen molar-refractivity contribution in [3.05, 3.63) is 35.9 Å². The molecule has 0 amide bonds. The van der Waals surface area contributed by atoms with Gasteiger partial charge in [-0.15, -0.1) is 0 Å². The highest BCUT2D eigenvalue weighted by atomic mass is 15.2. The fourth-order valence-corrected chi connectivity index (χ4v) is 2.85. The molecule has 0 heterocycles. The van der Waals surface area contributed by atoms with Crippen LogP contribution in [0.15, 0.2) is 30.3 Å². The van der Waals surface area contributed by atoms with E-state index in [1.165, 1.54) is 31.2 Å². The molecule has 2 unspecified atom stereocenters.